The molecule has 1 fully saturated rings. The van der Waals surface area contributed by atoms with Crippen LogP contribution in [0.4, 0.5) is 18.0 Å². The Morgan fingerprint density at radius 1 is 1.31 bits per heavy atom. The molecule has 0 unspecified atom stereocenters. The Hall–Kier alpha value is -2.16. The van der Waals surface area contributed by atoms with Gasteiger partial charge in [-0.1, -0.05) is 11.8 Å². The minimum atomic E-state index is -4.36. The summed E-state index contributed by atoms with van der Waals surface area (Å²) < 4.78 is 42.5. The molecule has 10 heteroatoms. The fraction of sp³-hybridized carbons (Fsp3) is 0.474. The van der Waals surface area contributed by atoms with E-state index < -0.39 is 11.7 Å². The van der Waals surface area contributed by atoms with Crippen LogP contribution in [0.3, 0.4) is 0 Å². The molecule has 0 saturated carbocycles. The Labute approximate surface area is 185 Å². The summed E-state index contributed by atoms with van der Waals surface area (Å²) >= 11 is 0. The lowest BCUT2D eigenvalue weighted by molar-refractivity contribution is -0.137. The average molecular weight is 524 g/mol. The molecule has 6 nitrogen and oxygen atoms in total. The molecule has 0 atom stereocenters. The summed E-state index contributed by atoms with van der Waals surface area (Å²) in [4.78, 5) is 17.4. The summed E-state index contributed by atoms with van der Waals surface area (Å²) in [7, 11) is 0. The number of halogens is 4. The van der Waals surface area contributed by atoms with Gasteiger partial charge in [-0.3, -0.25) is 0 Å². The van der Waals surface area contributed by atoms with Crippen LogP contribution in [0, 0.1) is 11.8 Å². The van der Waals surface area contributed by atoms with E-state index in [2.05, 4.69) is 22.2 Å². The summed E-state index contributed by atoms with van der Waals surface area (Å²) in [6.45, 7) is 3.41. The van der Waals surface area contributed by atoms with Crippen molar-refractivity contribution in [3.05, 3.63) is 35.4 Å². The van der Waals surface area contributed by atoms with Crippen LogP contribution in [0.2, 0.25) is 0 Å². The molecule has 0 aromatic heterocycles. The number of guanidine groups is 1. The molecule has 29 heavy (non-hydrogen) atoms. The highest BCUT2D eigenvalue weighted by atomic mass is 127. The lowest BCUT2D eigenvalue weighted by atomic mass is 10.1. The average Bonchev–Trinajstić information content (AvgIpc) is 2.66. The van der Waals surface area contributed by atoms with Crippen molar-refractivity contribution in [2.24, 2.45) is 10.7 Å². The molecule has 1 saturated heterocycles. The second kappa shape index (κ2) is 11.7. The van der Waals surface area contributed by atoms with Gasteiger partial charge in [-0.2, -0.15) is 13.2 Å². The number of benzene rings is 1. The number of carbonyl (C=O) groups excluding carboxylic acids is 1. The molecule has 1 heterocycles. The van der Waals surface area contributed by atoms with E-state index in [-0.39, 0.29) is 48.6 Å². The minimum absolute atomic E-state index is 0. The van der Waals surface area contributed by atoms with E-state index in [1.165, 1.54) is 12.1 Å². The van der Waals surface area contributed by atoms with Gasteiger partial charge in [0.2, 0.25) is 0 Å². The first-order valence-corrected chi connectivity index (χ1v) is 8.94. The lowest BCUT2D eigenvalue weighted by Gasteiger charge is -2.31. The SMILES string of the molecule is CCOC(=O)N1CCC(NC(N)=NCC#Cc2ccc(C(F)(F)F)cc2)CC1.I. The standard InChI is InChI=1S/C19H23F3N4O2.HI/c1-2-28-18(27)26-12-9-16(10-13-26)25-17(23)24-11-3-4-14-5-7-15(8-6-14)19(20,21)22;/h5-8,16H,2,9-13H2,1H3,(H3,23,24,25);1H. The second-order valence-electron chi connectivity index (χ2n) is 6.18. The number of nitrogens with one attached hydrogen (secondary N) is 1. The molecule has 1 aliphatic rings. The zero-order valence-corrected chi connectivity index (χ0v) is 18.3. The number of nitrogens with two attached hydrogens (primary N) is 1. The molecule has 160 valence electrons. The Kier molecular flexibility index (Phi) is 10.1. The number of likely N-dealkylation sites (tertiary alicyclic amines) is 1. The van der Waals surface area contributed by atoms with Crippen molar-refractivity contribution in [1.29, 1.82) is 0 Å². The zero-order valence-electron chi connectivity index (χ0n) is 16.0. The predicted molar refractivity (Wildman–Crippen MR) is 115 cm³/mol. The third-order valence-electron chi connectivity index (χ3n) is 4.15. The number of alkyl halides is 3. The molecule has 0 bridgehead atoms. The van der Waals surface area contributed by atoms with Gasteiger partial charge in [0.15, 0.2) is 5.96 Å². The Morgan fingerprint density at radius 3 is 2.48 bits per heavy atom. The maximum absolute atomic E-state index is 12.5. The van der Waals surface area contributed by atoms with Crippen molar-refractivity contribution in [3.63, 3.8) is 0 Å². The van der Waals surface area contributed by atoms with Gasteiger partial charge in [0.25, 0.3) is 0 Å². The minimum Gasteiger partial charge on any atom is -0.450 e. The molecular formula is C19H24F3IN4O2. The highest BCUT2D eigenvalue weighted by Crippen LogP contribution is 2.28. The van der Waals surface area contributed by atoms with Crippen LogP contribution in [0.1, 0.15) is 30.9 Å². The van der Waals surface area contributed by atoms with Gasteiger partial charge < -0.3 is 20.7 Å². The molecule has 3 N–H and O–H groups in total. The first kappa shape index (κ1) is 24.9. The van der Waals surface area contributed by atoms with E-state index in [0.29, 0.717) is 25.3 Å². The first-order valence-electron chi connectivity index (χ1n) is 8.94. The predicted octanol–water partition coefficient (Wildman–Crippen LogP) is 3.20. The van der Waals surface area contributed by atoms with Crippen LogP contribution < -0.4 is 11.1 Å². The summed E-state index contributed by atoms with van der Waals surface area (Å²) in [6.07, 6.45) is -3.21. The van der Waals surface area contributed by atoms with Gasteiger partial charge in [0.1, 0.15) is 6.54 Å². The fourth-order valence-corrected chi connectivity index (χ4v) is 2.68. The molecule has 1 aromatic rings. The summed E-state index contributed by atoms with van der Waals surface area (Å²) in [5.74, 6) is 5.75. The van der Waals surface area contributed by atoms with Gasteiger partial charge in [-0.15, -0.1) is 24.0 Å². The van der Waals surface area contributed by atoms with Crippen LogP contribution in [0.15, 0.2) is 29.3 Å². The summed E-state index contributed by atoms with van der Waals surface area (Å²) in [5.41, 5.74) is 5.60. The number of piperidine rings is 1. The Balaban J connectivity index is 0.00000420. The van der Waals surface area contributed by atoms with Gasteiger partial charge >= 0.3 is 12.3 Å². The van der Waals surface area contributed by atoms with Gasteiger partial charge in [0.05, 0.1) is 12.2 Å². The highest BCUT2D eigenvalue weighted by Gasteiger charge is 2.29. The first-order chi connectivity index (χ1) is 13.3. The Bertz CT molecular complexity index is 749. The molecule has 0 radical (unpaired) electrons. The van der Waals surface area contributed by atoms with Crippen molar-refractivity contribution in [2.45, 2.75) is 32.0 Å². The molecular weight excluding hydrogens is 500 g/mol. The van der Waals surface area contributed by atoms with E-state index >= 15 is 0 Å². The smallest absolute Gasteiger partial charge is 0.416 e. The van der Waals surface area contributed by atoms with E-state index in [1.807, 2.05) is 0 Å². The molecule has 0 aliphatic carbocycles. The summed E-state index contributed by atoms with van der Waals surface area (Å²) in [6, 6.07) is 4.73. The zero-order chi connectivity index (χ0) is 20.6. The molecule has 2 rings (SSSR count). The van der Waals surface area contributed by atoms with Crippen LogP contribution >= 0.6 is 24.0 Å². The number of carbonyl (C=O) groups is 1. The number of hydrogen-bond donors (Lipinski definition) is 2. The van der Waals surface area contributed by atoms with E-state index in [0.717, 1.165) is 25.0 Å². The second-order valence-corrected chi connectivity index (χ2v) is 6.18. The number of ether oxygens (including phenoxy) is 1. The normalized spacial score (nSPS) is 15.0. The van der Waals surface area contributed by atoms with Crippen molar-refractivity contribution < 1.29 is 22.7 Å². The molecule has 1 aromatic carbocycles. The van der Waals surface area contributed by atoms with Crippen molar-refractivity contribution in [2.75, 3.05) is 26.2 Å². The van der Waals surface area contributed by atoms with Gasteiger partial charge in [-0.25, -0.2) is 9.79 Å². The lowest BCUT2D eigenvalue weighted by Crippen LogP contribution is -2.48. The van der Waals surface area contributed by atoms with E-state index in [9.17, 15) is 18.0 Å². The van der Waals surface area contributed by atoms with Crippen LogP contribution in [0.25, 0.3) is 0 Å². The monoisotopic (exact) mass is 524 g/mol. The number of rotatable bonds is 3. The Morgan fingerprint density at radius 2 is 1.93 bits per heavy atom. The quantitative estimate of drug-likeness (QED) is 0.276. The maximum atomic E-state index is 12.5. The fourth-order valence-electron chi connectivity index (χ4n) is 2.68. The van der Waals surface area contributed by atoms with Crippen molar-refractivity contribution in [1.82, 2.24) is 10.2 Å². The van der Waals surface area contributed by atoms with Crippen LogP contribution in [-0.4, -0.2) is 49.2 Å². The number of aliphatic imine (C=N–C) groups is 1. The molecule has 1 aliphatic heterocycles. The van der Waals surface area contributed by atoms with Crippen molar-refractivity contribution in [3.8, 4) is 11.8 Å². The van der Waals surface area contributed by atoms with Gasteiger partial charge in [0, 0.05) is 24.7 Å². The largest absolute Gasteiger partial charge is 0.450 e. The third kappa shape index (κ3) is 8.39. The molecule has 0 spiro atoms. The van der Waals surface area contributed by atoms with Gasteiger partial charge in [-0.05, 0) is 44.0 Å². The molecule has 1 amide bonds. The van der Waals surface area contributed by atoms with Crippen LogP contribution in [0.5, 0.6) is 0 Å². The topological polar surface area (TPSA) is 80.0 Å². The maximum Gasteiger partial charge on any atom is 0.416 e. The number of hydrogen-bond acceptors (Lipinski definition) is 3. The van der Waals surface area contributed by atoms with E-state index in [4.69, 9.17) is 10.5 Å². The van der Waals surface area contributed by atoms with Crippen LogP contribution in [-0.2, 0) is 10.9 Å². The highest BCUT2D eigenvalue weighted by molar-refractivity contribution is 14.0. The van der Waals surface area contributed by atoms with Crippen molar-refractivity contribution >= 4 is 36.0 Å². The third-order valence-corrected chi connectivity index (χ3v) is 4.15. The number of nitrogens with zero attached hydrogens (tertiary/aromatic N) is 2. The summed E-state index contributed by atoms with van der Waals surface area (Å²) in [5, 5.41) is 3.09. The van der Waals surface area contributed by atoms with E-state index in [1.54, 1.807) is 11.8 Å². The number of amides is 1.